The van der Waals surface area contributed by atoms with E-state index in [9.17, 15) is 59.4 Å². The van der Waals surface area contributed by atoms with E-state index in [1.54, 1.807) is 0 Å². The molecule has 0 aliphatic heterocycles. The van der Waals surface area contributed by atoms with Crippen molar-refractivity contribution < 1.29 is 90.5 Å². The van der Waals surface area contributed by atoms with Gasteiger partial charge in [0.2, 0.25) is 0 Å². The van der Waals surface area contributed by atoms with Crippen LogP contribution < -0.4 is 30.6 Å². The SMILES string of the molecule is CCCCC/C=C\C/C=C\CCCCCCCC(=O)[O-].CCCCC/C=C\C/C=C\CCCCCCCC(=O)[O-].CCCCC/C=C\C/C=C\CCCCCCCC(=O)[O-].CCCCC/C=C\C/C=C\CCCCCCCC(=O)[O-].CCCCC/C=C\C/C=C\CCCCCCCC(=O)[O-].CCCCC/C=C\C/C=C\CCCCCCCC(=O)[O-].[U]. The van der Waals surface area contributed by atoms with Crippen LogP contribution in [0.15, 0.2) is 146 Å². The van der Waals surface area contributed by atoms with Gasteiger partial charge in [-0.25, -0.2) is 0 Å². The number of rotatable bonds is 84. The number of hydrogen-bond donors (Lipinski definition) is 0. The summed E-state index contributed by atoms with van der Waals surface area (Å²) in [5.74, 6) is -5.52. The fourth-order valence-corrected chi connectivity index (χ4v) is 12.5. The Bertz CT molecular complexity index is 2040. The number of unbranched alkanes of at least 4 members (excludes halogenated alkanes) is 48. The maximum Gasteiger partial charge on any atom is 0.0414 e. The number of carbonyl (C=O) groups excluding carboxylic acids is 6. The van der Waals surface area contributed by atoms with Crippen LogP contribution in [0.25, 0.3) is 0 Å². The molecule has 0 saturated heterocycles. The van der Waals surface area contributed by atoms with Crippen LogP contribution in [-0.2, 0) is 28.8 Å². The van der Waals surface area contributed by atoms with Crippen LogP contribution in [-0.4, -0.2) is 35.8 Å². The van der Waals surface area contributed by atoms with Crippen molar-refractivity contribution in [3.05, 3.63) is 146 Å². The van der Waals surface area contributed by atoms with Crippen LogP contribution in [0.1, 0.15) is 504 Å². The van der Waals surface area contributed by atoms with Crippen LogP contribution >= 0.6 is 0 Å². The van der Waals surface area contributed by atoms with Crippen molar-refractivity contribution in [2.45, 2.75) is 504 Å². The molecule has 0 aliphatic carbocycles. The molecule has 121 heavy (non-hydrogen) atoms. The maximum absolute atomic E-state index is 10.2. The molecule has 0 amide bonds. The van der Waals surface area contributed by atoms with Crippen LogP contribution in [0, 0.1) is 31.1 Å². The molecule has 0 aromatic heterocycles. The zero-order chi connectivity index (χ0) is 89.3. The van der Waals surface area contributed by atoms with E-state index in [1.165, 1.54) is 231 Å². The molecule has 13 heteroatoms. The number of carboxylic acids is 6. The van der Waals surface area contributed by atoms with Crippen molar-refractivity contribution >= 4 is 35.8 Å². The Morgan fingerprint density at radius 2 is 0.231 bits per heavy atom. The smallest absolute Gasteiger partial charge is 0.0414 e. The van der Waals surface area contributed by atoms with Crippen molar-refractivity contribution in [2.75, 3.05) is 0 Å². The summed E-state index contributed by atoms with van der Waals surface area (Å²) >= 11 is 0. The molecule has 0 aromatic carbocycles. The summed E-state index contributed by atoms with van der Waals surface area (Å²) in [6.45, 7) is 13.4. The molecular formula is C108H186O12U-6. The van der Waals surface area contributed by atoms with Crippen molar-refractivity contribution in [3.63, 3.8) is 0 Å². The van der Waals surface area contributed by atoms with E-state index in [4.69, 9.17) is 0 Å². The third-order valence-corrected chi connectivity index (χ3v) is 20.0. The van der Waals surface area contributed by atoms with Crippen LogP contribution in [0.4, 0.5) is 0 Å². The van der Waals surface area contributed by atoms with Gasteiger partial charge in [0.1, 0.15) is 0 Å². The van der Waals surface area contributed by atoms with Gasteiger partial charge in [0, 0.05) is 66.9 Å². The zero-order valence-electron chi connectivity index (χ0n) is 79.2. The summed E-state index contributed by atoms with van der Waals surface area (Å²) in [5.41, 5.74) is 0. The molecule has 0 radical (unpaired) electrons. The minimum Gasteiger partial charge on any atom is -0.550 e. The van der Waals surface area contributed by atoms with Crippen LogP contribution in [0.5, 0.6) is 0 Å². The van der Waals surface area contributed by atoms with E-state index in [0.29, 0.717) is 0 Å². The summed E-state index contributed by atoms with van der Waals surface area (Å²) in [6.07, 6.45) is 132. The molecule has 0 aromatic rings. The van der Waals surface area contributed by atoms with Gasteiger partial charge in [0.15, 0.2) is 0 Å². The van der Waals surface area contributed by atoms with E-state index in [1.807, 2.05) is 0 Å². The molecule has 0 heterocycles. The molecule has 0 spiro atoms. The fraction of sp³-hybridized carbons (Fsp3) is 0.722. The Morgan fingerprint density at radius 1 is 0.140 bits per heavy atom. The van der Waals surface area contributed by atoms with E-state index in [0.717, 1.165) is 193 Å². The second-order valence-electron chi connectivity index (χ2n) is 32.1. The summed E-state index contributed by atoms with van der Waals surface area (Å²) < 4.78 is 0. The largest absolute Gasteiger partial charge is 0.550 e. The third-order valence-electron chi connectivity index (χ3n) is 20.0. The van der Waals surface area contributed by atoms with Gasteiger partial charge >= 0.3 is 0 Å². The standard InChI is InChI=1S/6C18H32O2.U/c6*1-2-3-4-5-6-7-8-9-10-11-12-13-14-15-16-17-18(19)20;/h6*6-7,9-10H,2-5,8,11-17H2,1H3,(H,19,20);/p-6/b6*7-6-,10-9-;. The van der Waals surface area contributed by atoms with Gasteiger partial charge in [-0.05, 0) is 270 Å². The molecule has 0 N–H and O–H groups in total. The number of allylic oxidation sites excluding steroid dienone is 24. The maximum atomic E-state index is 10.2. The number of carbonyl (C=O) groups is 6. The molecule has 0 saturated carbocycles. The minimum atomic E-state index is -0.921. The third kappa shape index (κ3) is 156. The normalized spacial score (nSPS) is 11.6. The van der Waals surface area contributed by atoms with Gasteiger partial charge in [-0.3, -0.25) is 0 Å². The summed E-state index contributed by atoms with van der Waals surface area (Å²) in [6, 6.07) is 0. The zero-order valence-corrected chi connectivity index (χ0v) is 83.3. The first-order valence-corrected chi connectivity index (χ1v) is 49.6. The van der Waals surface area contributed by atoms with Gasteiger partial charge in [0.05, 0.1) is 0 Å². The van der Waals surface area contributed by atoms with Gasteiger partial charge < -0.3 is 59.4 Å². The molecular weight excluding hydrogens is 1730 g/mol. The number of aliphatic carboxylic acids is 6. The average molecular weight is 1910 g/mol. The summed E-state index contributed by atoms with van der Waals surface area (Å²) in [4.78, 5) is 61.2. The van der Waals surface area contributed by atoms with Crippen molar-refractivity contribution in [1.29, 1.82) is 0 Å². The molecule has 0 atom stereocenters. The number of hydrogen-bond acceptors (Lipinski definition) is 12. The van der Waals surface area contributed by atoms with Crippen molar-refractivity contribution in [2.24, 2.45) is 0 Å². The van der Waals surface area contributed by atoms with E-state index in [2.05, 4.69) is 187 Å². The Labute approximate surface area is 770 Å². The Hall–Kier alpha value is -5.25. The predicted molar refractivity (Wildman–Crippen MR) is 506 cm³/mol. The van der Waals surface area contributed by atoms with Crippen molar-refractivity contribution in [3.8, 4) is 0 Å². The van der Waals surface area contributed by atoms with Crippen LogP contribution in [0.2, 0.25) is 0 Å². The second-order valence-corrected chi connectivity index (χ2v) is 32.1. The fourth-order valence-electron chi connectivity index (χ4n) is 12.5. The first-order valence-electron chi connectivity index (χ1n) is 49.6. The van der Waals surface area contributed by atoms with Gasteiger partial charge in [-0.1, -0.05) is 380 Å². The molecule has 0 aliphatic rings. The number of carboxylic acid groups (broad SMARTS) is 6. The van der Waals surface area contributed by atoms with Gasteiger partial charge in [-0.2, -0.15) is 0 Å². The quantitative estimate of drug-likeness (QED) is 0.0408. The molecule has 700 valence electrons. The van der Waals surface area contributed by atoms with E-state index in [-0.39, 0.29) is 69.6 Å². The Kier molecular flexibility index (Phi) is 134. The molecule has 12 nitrogen and oxygen atoms in total. The van der Waals surface area contributed by atoms with Gasteiger partial charge in [-0.15, -0.1) is 0 Å². The average Bonchev–Trinajstić information content (AvgIpc) is 1.37. The second kappa shape index (κ2) is 126. The Morgan fingerprint density at radius 3 is 0.331 bits per heavy atom. The van der Waals surface area contributed by atoms with Crippen molar-refractivity contribution in [1.82, 2.24) is 0 Å². The van der Waals surface area contributed by atoms with E-state index >= 15 is 0 Å². The summed E-state index contributed by atoms with van der Waals surface area (Å²) in [5, 5.41) is 61.2. The minimum absolute atomic E-state index is 0. The molecule has 0 rings (SSSR count). The first kappa shape index (κ1) is 129. The summed E-state index contributed by atoms with van der Waals surface area (Å²) in [7, 11) is 0. The molecule has 0 bridgehead atoms. The van der Waals surface area contributed by atoms with E-state index < -0.39 is 35.8 Å². The first-order chi connectivity index (χ1) is 58.6. The monoisotopic (exact) mass is 1910 g/mol. The predicted octanol–water partition coefficient (Wildman–Crippen LogP) is 27.3. The Balaban J connectivity index is -0.000000257. The van der Waals surface area contributed by atoms with Gasteiger partial charge in [0.25, 0.3) is 0 Å². The van der Waals surface area contributed by atoms with Crippen LogP contribution in [0.3, 0.4) is 0 Å². The topological polar surface area (TPSA) is 241 Å². The molecule has 0 fully saturated rings. The molecule has 0 unspecified atom stereocenters.